The number of pyridine rings is 1. The molecule has 88 valence electrons. The molecule has 0 bridgehead atoms. The monoisotopic (exact) mass is 227 g/mol. The molecule has 1 saturated heterocycles. The van der Waals surface area contributed by atoms with Gasteiger partial charge in [0.15, 0.2) is 0 Å². The quantitative estimate of drug-likeness (QED) is 0.846. The summed E-state index contributed by atoms with van der Waals surface area (Å²) in [6, 6.07) is 3.29. The third kappa shape index (κ3) is 2.96. The van der Waals surface area contributed by atoms with E-state index in [9.17, 15) is 8.78 Å². The Morgan fingerprint density at radius 2 is 2.12 bits per heavy atom. The van der Waals surface area contributed by atoms with Crippen molar-refractivity contribution in [3.63, 3.8) is 0 Å². The van der Waals surface area contributed by atoms with Crippen molar-refractivity contribution in [1.29, 1.82) is 0 Å². The predicted octanol–water partition coefficient (Wildman–Crippen LogP) is 1.42. The van der Waals surface area contributed by atoms with E-state index in [0.29, 0.717) is 0 Å². The van der Waals surface area contributed by atoms with Gasteiger partial charge in [-0.1, -0.05) is 0 Å². The summed E-state index contributed by atoms with van der Waals surface area (Å²) in [6.45, 7) is 4.59. The Balaban J connectivity index is 2.00. The van der Waals surface area contributed by atoms with Crippen molar-refractivity contribution in [2.75, 3.05) is 26.2 Å². The third-order valence-electron chi connectivity index (χ3n) is 2.68. The molecule has 16 heavy (non-hydrogen) atoms. The first-order chi connectivity index (χ1) is 7.75. The average Bonchev–Trinajstić information content (AvgIpc) is 2.30. The predicted molar refractivity (Wildman–Crippen MR) is 57.3 cm³/mol. The van der Waals surface area contributed by atoms with Gasteiger partial charge in [0.2, 0.25) is 0 Å². The summed E-state index contributed by atoms with van der Waals surface area (Å²) in [4.78, 5) is 5.90. The van der Waals surface area contributed by atoms with E-state index in [2.05, 4.69) is 15.2 Å². The second kappa shape index (κ2) is 5.32. The van der Waals surface area contributed by atoms with Crippen LogP contribution in [-0.4, -0.2) is 36.1 Å². The fraction of sp³-hybridized carbons (Fsp3) is 0.545. The summed E-state index contributed by atoms with van der Waals surface area (Å²) in [7, 11) is 0. The lowest BCUT2D eigenvalue weighted by Gasteiger charge is -2.27. The van der Waals surface area contributed by atoms with Crippen LogP contribution in [0.15, 0.2) is 18.3 Å². The van der Waals surface area contributed by atoms with Gasteiger partial charge in [0.05, 0.1) is 0 Å². The van der Waals surface area contributed by atoms with Gasteiger partial charge in [0.1, 0.15) is 5.69 Å². The summed E-state index contributed by atoms with van der Waals surface area (Å²) in [5, 5.41) is 3.26. The summed E-state index contributed by atoms with van der Waals surface area (Å²) in [6.07, 6.45) is -1.03. The maximum atomic E-state index is 12.4. The van der Waals surface area contributed by atoms with Crippen LogP contribution in [0.5, 0.6) is 0 Å². The first-order valence-electron chi connectivity index (χ1n) is 5.42. The minimum absolute atomic E-state index is 0.132. The van der Waals surface area contributed by atoms with Crippen molar-refractivity contribution in [2.24, 2.45) is 0 Å². The lowest BCUT2D eigenvalue weighted by Crippen LogP contribution is -2.42. The highest BCUT2D eigenvalue weighted by Crippen LogP contribution is 2.17. The van der Waals surface area contributed by atoms with E-state index in [0.717, 1.165) is 38.3 Å². The Bertz CT molecular complexity index is 338. The van der Waals surface area contributed by atoms with Crippen LogP contribution in [0.4, 0.5) is 8.78 Å². The number of hydrogen-bond acceptors (Lipinski definition) is 3. The molecule has 1 aliphatic heterocycles. The van der Waals surface area contributed by atoms with E-state index >= 15 is 0 Å². The molecule has 2 rings (SSSR count). The topological polar surface area (TPSA) is 28.2 Å². The number of alkyl halides is 2. The van der Waals surface area contributed by atoms with Crippen molar-refractivity contribution >= 4 is 0 Å². The highest BCUT2D eigenvalue weighted by atomic mass is 19.3. The summed E-state index contributed by atoms with van der Waals surface area (Å²) in [5.41, 5.74) is 0.778. The highest BCUT2D eigenvalue weighted by Gasteiger charge is 2.12. The second-order valence-corrected chi connectivity index (χ2v) is 3.92. The average molecular weight is 227 g/mol. The maximum absolute atomic E-state index is 12.4. The van der Waals surface area contributed by atoms with Crippen LogP contribution in [0.2, 0.25) is 0 Å². The number of hydrogen-bond donors (Lipinski definition) is 1. The zero-order chi connectivity index (χ0) is 11.4. The zero-order valence-electron chi connectivity index (χ0n) is 9.00. The largest absolute Gasteiger partial charge is 0.314 e. The molecule has 1 aliphatic rings. The van der Waals surface area contributed by atoms with E-state index in [4.69, 9.17) is 0 Å². The van der Waals surface area contributed by atoms with Crippen LogP contribution in [0.1, 0.15) is 17.7 Å². The number of piperazine rings is 1. The lowest BCUT2D eigenvalue weighted by molar-refractivity contribution is 0.145. The molecular weight excluding hydrogens is 212 g/mol. The molecule has 1 N–H and O–H groups in total. The van der Waals surface area contributed by atoms with Crippen LogP contribution in [0.3, 0.4) is 0 Å². The van der Waals surface area contributed by atoms with Gasteiger partial charge in [-0.15, -0.1) is 0 Å². The Kier molecular flexibility index (Phi) is 3.79. The van der Waals surface area contributed by atoms with Crippen molar-refractivity contribution in [3.8, 4) is 0 Å². The molecule has 1 fully saturated rings. The molecule has 5 heteroatoms. The van der Waals surface area contributed by atoms with Gasteiger partial charge < -0.3 is 5.32 Å². The second-order valence-electron chi connectivity index (χ2n) is 3.92. The van der Waals surface area contributed by atoms with Gasteiger partial charge in [0, 0.05) is 38.9 Å². The van der Waals surface area contributed by atoms with E-state index in [1.54, 1.807) is 6.07 Å². The smallest absolute Gasteiger partial charge is 0.280 e. The van der Waals surface area contributed by atoms with E-state index in [1.807, 2.05) is 0 Å². The Morgan fingerprint density at radius 3 is 2.81 bits per heavy atom. The molecule has 1 aromatic heterocycles. The molecule has 0 unspecified atom stereocenters. The molecule has 3 nitrogen and oxygen atoms in total. The third-order valence-corrected chi connectivity index (χ3v) is 2.68. The van der Waals surface area contributed by atoms with Crippen molar-refractivity contribution < 1.29 is 8.78 Å². The van der Waals surface area contributed by atoms with Crippen molar-refractivity contribution in [1.82, 2.24) is 15.2 Å². The molecule has 2 heterocycles. The van der Waals surface area contributed by atoms with Crippen LogP contribution >= 0.6 is 0 Å². The SMILES string of the molecule is FC(F)c1cc(CN2CCNCC2)ccn1. The molecule has 0 spiro atoms. The van der Waals surface area contributed by atoms with Gasteiger partial charge in [-0.3, -0.25) is 9.88 Å². The van der Waals surface area contributed by atoms with Crippen LogP contribution in [0.25, 0.3) is 0 Å². The first kappa shape index (κ1) is 11.4. The van der Waals surface area contributed by atoms with Crippen LogP contribution in [0, 0.1) is 0 Å². The minimum Gasteiger partial charge on any atom is -0.314 e. The number of nitrogens with zero attached hydrogens (tertiary/aromatic N) is 2. The van der Waals surface area contributed by atoms with Crippen molar-refractivity contribution in [3.05, 3.63) is 29.6 Å². The first-order valence-corrected chi connectivity index (χ1v) is 5.42. The molecule has 1 aromatic rings. The number of halogens is 2. The highest BCUT2D eigenvalue weighted by molar-refractivity contribution is 5.17. The fourth-order valence-corrected chi connectivity index (χ4v) is 1.84. The summed E-state index contributed by atoms with van der Waals surface area (Å²) in [5.74, 6) is 0. The van der Waals surface area contributed by atoms with Gasteiger partial charge in [0.25, 0.3) is 6.43 Å². The Hall–Kier alpha value is -1.07. The number of nitrogens with one attached hydrogen (secondary N) is 1. The number of rotatable bonds is 3. The van der Waals surface area contributed by atoms with Gasteiger partial charge in [-0.25, -0.2) is 8.78 Å². The van der Waals surface area contributed by atoms with Gasteiger partial charge in [-0.2, -0.15) is 0 Å². The maximum Gasteiger partial charge on any atom is 0.280 e. The van der Waals surface area contributed by atoms with Crippen molar-refractivity contribution in [2.45, 2.75) is 13.0 Å². The molecule has 0 aromatic carbocycles. The summed E-state index contributed by atoms with van der Waals surface area (Å²) >= 11 is 0. The van der Waals surface area contributed by atoms with E-state index in [1.165, 1.54) is 12.3 Å². The summed E-state index contributed by atoms with van der Waals surface area (Å²) < 4.78 is 24.9. The molecule has 0 aliphatic carbocycles. The van der Waals surface area contributed by atoms with Crippen LogP contribution in [-0.2, 0) is 6.54 Å². The lowest BCUT2D eigenvalue weighted by atomic mass is 10.2. The number of aromatic nitrogens is 1. The minimum atomic E-state index is -2.48. The molecular formula is C11H15F2N3. The zero-order valence-corrected chi connectivity index (χ0v) is 9.00. The molecule has 0 amide bonds. The Morgan fingerprint density at radius 1 is 1.38 bits per heavy atom. The van der Waals surface area contributed by atoms with Gasteiger partial charge in [-0.05, 0) is 17.7 Å². The normalized spacial score (nSPS) is 17.9. The van der Waals surface area contributed by atoms with E-state index in [-0.39, 0.29) is 5.69 Å². The van der Waals surface area contributed by atoms with Crippen LogP contribution < -0.4 is 5.32 Å². The van der Waals surface area contributed by atoms with Gasteiger partial charge >= 0.3 is 0 Å². The Labute approximate surface area is 93.5 Å². The van der Waals surface area contributed by atoms with E-state index < -0.39 is 6.43 Å². The molecule has 0 radical (unpaired) electrons. The fourth-order valence-electron chi connectivity index (χ4n) is 1.84. The standard InChI is InChI=1S/C11H15F2N3/c12-11(13)10-7-9(1-2-15-10)8-16-5-3-14-4-6-16/h1-2,7,11,14H,3-6,8H2. The molecule has 0 saturated carbocycles. The molecule has 0 atom stereocenters.